The van der Waals surface area contributed by atoms with Gasteiger partial charge in [0.05, 0.1) is 6.54 Å². The maximum atomic E-state index is 5.64. The summed E-state index contributed by atoms with van der Waals surface area (Å²) in [6.07, 6.45) is 1.76. The van der Waals surface area contributed by atoms with Crippen LogP contribution in [0.4, 0.5) is 0 Å². The second kappa shape index (κ2) is 6.30. The first-order valence-electron chi connectivity index (χ1n) is 6.57. The standard InChI is InChI=1S/C14H19BrN4/c1-3-13-17-14(4-2)19(18-13)9-11-6-5-10(8-16)7-12(11)15/h5-7H,3-4,8-9,16H2,1-2H3. The maximum absolute atomic E-state index is 5.64. The van der Waals surface area contributed by atoms with E-state index >= 15 is 0 Å². The number of hydrogen-bond donors (Lipinski definition) is 1. The minimum Gasteiger partial charge on any atom is -0.326 e. The minimum atomic E-state index is 0.558. The molecular weight excluding hydrogens is 304 g/mol. The Kier molecular flexibility index (Phi) is 4.71. The number of rotatable bonds is 5. The van der Waals surface area contributed by atoms with Gasteiger partial charge in [-0.25, -0.2) is 9.67 Å². The van der Waals surface area contributed by atoms with Crippen LogP contribution in [-0.2, 0) is 25.9 Å². The van der Waals surface area contributed by atoms with Crippen LogP contribution in [0.3, 0.4) is 0 Å². The third-order valence-electron chi connectivity index (χ3n) is 3.10. The Morgan fingerprint density at radius 1 is 1.26 bits per heavy atom. The zero-order valence-corrected chi connectivity index (χ0v) is 12.9. The summed E-state index contributed by atoms with van der Waals surface area (Å²) in [7, 11) is 0. The number of nitrogens with zero attached hydrogens (tertiary/aromatic N) is 3. The van der Waals surface area contributed by atoms with Crippen molar-refractivity contribution in [1.82, 2.24) is 14.8 Å². The van der Waals surface area contributed by atoms with Gasteiger partial charge in [0.2, 0.25) is 0 Å². The lowest BCUT2D eigenvalue weighted by Crippen LogP contribution is -2.07. The Hall–Kier alpha value is -1.20. The Morgan fingerprint density at radius 2 is 2.05 bits per heavy atom. The molecule has 0 amide bonds. The Balaban J connectivity index is 2.27. The molecule has 0 spiro atoms. The summed E-state index contributed by atoms with van der Waals surface area (Å²) in [5.74, 6) is 1.94. The van der Waals surface area contributed by atoms with Crippen LogP contribution < -0.4 is 5.73 Å². The molecule has 0 unspecified atom stereocenters. The lowest BCUT2D eigenvalue weighted by Gasteiger charge is -2.08. The first-order valence-corrected chi connectivity index (χ1v) is 7.37. The lowest BCUT2D eigenvalue weighted by atomic mass is 10.1. The van der Waals surface area contributed by atoms with Gasteiger partial charge in [-0.3, -0.25) is 0 Å². The second-order valence-electron chi connectivity index (χ2n) is 4.44. The smallest absolute Gasteiger partial charge is 0.150 e. The second-order valence-corrected chi connectivity index (χ2v) is 5.29. The van der Waals surface area contributed by atoms with Crippen LogP contribution in [0.1, 0.15) is 36.6 Å². The molecule has 1 aromatic heterocycles. The third kappa shape index (κ3) is 3.22. The average molecular weight is 323 g/mol. The Morgan fingerprint density at radius 3 is 2.63 bits per heavy atom. The number of aromatic nitrogens is 3. The van der Waals surface area contributed by atoms with Crippen LogP contribution in [-0.4, -0.2) is 14.8 Å². The minimum absolute atomic E-state index is 0.558. The Bertz CT molecular complexity index is 563. The van der Waals surface area contributed by atoms with Crippen molar-refractivity contribution < 1.29 is 0 Å². The summed E-state index contributed by atoms with van der Waals surface area (Å²) < 4.78 is 3.06. The molecule has 1 aromatic carbocycles. The summed E-state index contributed by atoms with van der Waals surface area (Å²) in [6, 6.07) is 6.22. The van der Waals surface area contributed by atoms with Gasteiger partial charge in [0.1, 0.15) is 5.82 Å². The molecule has 2 aromatic rings. The van der Waals surface area contributed by atoms with E-state index in [9.17, 15) is 0 Å². The van der Waals surface area contributed by atoms with E-state index in [0.717, 1.165) is 41.1 Å². The van der Waals surface area contributed by atoms with E-state index in [4.69, 9.17) is 5.73 Å². The van der Waals surface area contributed by atoms with Crippen LogP contribution in [0, 0.1) is 0 Å². The van der Waals surface area contributed by atoms with Crippen LogP contribution in [0.15, 0.2) is 22.7 Å². The molecule has 0 aliphatic rings. The largest absolute Gasteiger partial charge is 0.326 e. The molecule has 5 heteroatoms. The first kappa shape index (κ1) is 14.2. The van der Waals surface area contributed by atoms with E-state index < -0.39 is 0 Å². The van der Waals surface area contributed by atoms with Crippen molar-refractivity contribution in [2.45, 2.75) is 39.8 Å². The molecule has 2 N–H and O–H groups in total. The summed E-state index contributed by atoms with van der Waals surface area (Å²) >= 11 is 3.60. The quantitative estimate of drug-likeness (QED) is 0.920. The fourth-order valence-electron chi connectivity index (χ4n) is 1.97. The number of benzene rings is 1. The SMILES string of the molecule is CCc1nc(CC)n(Cc2ccc(CN)cc2Br)n1. The van der Waals surface area contributed by atoms with Crippen LogP contribution >= 0.6 is 15.9 Å². The van der Waals surface area contributed by atoms with E-state index in [-0.39, 0.29) is 0 Å². The molecular formula is C14H19BrN4. The number of aryl methyl sites for hydroxylation is 2. The topological polar surface area (TPSA) is 56.7 Å². The van der Waals surface area contributed by atoms with Crippen LogP contribution in [0.2, 0.25) is 0 Å². The highest BCUT2D eigenvalue weighted by Crippen LogP contribution is 2.20. The van der Waals surface area contributed by atoms with E-state index in [1.165, 1.54) is 5.56 Å². The molecule has 19 heavy (non-hydrogen) atoms. The highest BCUT2D eigenvalue weighted by Gasteiger charge is 2.09. The number of nitrogens with two attached hydrogens (primary N) is 1. The van der Waals surface area contributed by atoms with Crippen molar-refractivity contribution in [2.24, 2.45) is 5.73 Å². The van der Waals surface area contributed by atoms with Crippen molar-refractivity contribution in [1.29, 1.82) is 0 Å². The predicted octanol–water partition coefficient (Wildman–Crippen LogP) is 2.67. The van der Waals surface area contributed by atoms with Gasteiger partial charge in [0.25, 0.3) is 0 Å². The molecule has 0 saturated carbocycles. The van der Waals surface area contributed by atoms with Gasteiger partial charge in [-0.05, 0) is 17.2 Å². The van der Waals surface area contributed by atoms with Crippen molar-refractivity contribution in [3.63, 3.8) is 0 Å². The van der Waals surface area contributed by atoms with Crippen LogP contribution in [0.5, 0.6) is 0 Å². The molecule has 0 fully saturated rings. The molecule has 0 aliphatic carbocycles. The molecule has 2 rings (SSSR count). The van der Waals surface area contributed by atoms with Gasteiger partial charge in [0, 0.05) is 23.9 Å². The predicted molar refractivity (Wildman–Crippen MR) is 79.9 cm³/mol. The van der Waals surface area contributed by atoms with E-state index in [0.29, 0.717) is 6.54 Å². The monoisotopic (exact) mass is 322 g/mol. The first-order chi connectivity index (χ1) is 9.17. The summed E-state index contributed by atoms with van der Waals surface area (Å²) in [5.41, 5.74) is 7.96. The highest BCUT2D eigenvalue weighted by atomic mass is 79.9. The van der Waals surface area contributed by atoms with Crippen molar-refractivity contribution in [3.05, 3.63) is 45.4 Å². The molecule has 1 heterocycles. The van der Waals surface area contributed by atoms with Gasteiger partial charge < -0.3 is 5.73 Å². The molecule has 0 atom stereocenters. The zero-order valence-electron chi connectivity index (χ0n) is 11.4. The average Bonchev–Trinajstić information content (AvgIpc) is 2.83. The van der Waals surface area contributed by atoms with E-state index in [2.05, 4.69) is 58.1 Å². The maximum Gasteiger partial charge on any atom is 0.150 e. The molecule has 4 nitrogen and oxygen atoms in total. The summed E-state index contributed by atoms with van der Waals surface area (Å²) in [5, 5.41) is 4.54. The van der Waals surface area contributed by atoms with Gasteiger partial charge in [-0.2, -0.15) is 5.10 Å². The summed E-state index contributed by atoms with van der Waals surface area (Å²) in [6.45, 7) is 5.47. The normalized spacial score (nSPS) is 10.9. The van der Waals surface area contributed by atoms with Crippen LogP contribution in [0.25, 0.3) is 0 Å². The molecule has 0 bridgehead atoms. The Labute approximate surface area is 122 Å². The van der Waals surface area contributed by atoms with Gasteiger partial charge in [-0.1, -0.05) is 41.9 Å². The number of halogens is 1. The fourth-order valence-corrected chi connectivity index (χ4v) is 2.52. The molecule has 0 aliphatic heterocycles. The van der Waals surface area contributed by atoms with E-state index in [1.807, 2.05) is 4.68 Å². The van der Waals surface area contributed by atoms with Crippen molar-refractivity contribution in [2.75, 3.05) is 0 Å². The molecule has 102 valence electrons. The zero-order chi connectivity index (χ0) is 13.8. The lowest BCUT2D eigenvalue weighted by molar-refractivity contribution is 0.635. The van der Waals surface area contributed by atoms with Crippen molar-refractivity contribution in [3.8, 4) is 0 Å². The van der Waals surface area contributed by atoms with Crippen molar-refractivity contribution >= 4 is 15.9 Å². The van der Waals surface area contributed by atoms with Gasteiger partial charge >= 0.3 is 0 Å². The molecule has 0 saturated heterocycles. The number of hydrogen-bond acceptors (Lipinski definition) is 3. The van der Waals surface area contributed by atoms with Gasteiger partial charge in [-0.15, -0.1) is 0 Å². The highest BCUT2D eigenvalue weighted by molar-refractivity contribution is 9.10. The van der Waals surface area contributed by atoms with E-state index in [1.54, 1.807) is 0 Å². The van der Waals surface area contributed by atoms with Gasteiger partial charge in [0.15, 0.2) is 5.82 Å². The fraction of sp³-hybridized carbons (Fsp3) is 0.429. The third-order valence-corrected chi connectivity index (χ3v) is 3.84. The molecule has 0 radical (unpaired) electrons. The summed E-state index contributed by atoms with van der Waals surface area (Å²) in [4.78, 5) is 4.52.